The third-order valence-corrected chi connectivity index (χ3v) is 5.11. The number of hydrogen-bond donors (Lipinski definition) is 1. The molecule has 0 spiro atoms. The van der Waals surface area contributed by atoms with Gasteiger partial charge in [0.25, 0.3) is 0 Å². The van der Waals surface area contributed by atoms with Gasteiger partial charge >= 0.3 is 0 Å². The third-order valence-electron chi connectivity index (χ3n) is 3.31. The maximum atomic E-state index is 4.30. The van der Waals surface area contributed by atoms with Crippen molar-refractivity contribution >= 4 is 22.7 Å². The van der Waals surface area contributed by atoms with Crippen LogP contribution in [-0.4, -0.2) is 29.5 Å². The maximum absolute atomic E-state index is 4.30. The molecule has 1 N–H and O–H groups in total. The topological polar surface area (TPSA) is 28.2 Å². The molecule has 0 saturated carbocycles. The Kier molecular flexibility index (Phi) is 5.51. The largest absolute Gasteiger partial charge is 0.310 e. The van der Waals surface area contributed by atoms with Gasteiger partial charge in [-0.3, -0.25) is 4.90 Å². The number of rotatable bonds is 7. The lowest BCUT2D eigenvalue weighted by Crippen LogP contribution is -2.37. The van der Waals surface area contributed by atoms with Gasteiger partial charge in [-0.05, 0) is 32.3 Å². The number of likely N-dealkylation sites (N-methyl/N-ethyl adjacent to an activating group) is 1. The number of nitrogens with zero attached hydrogens (tertiary/aromatic N) is 2. The molecule has 0 aliphatic carbocycles. The first-order chi connectivity index (χ1) is 9.16. The second-order valence-electron chi connectivity index (χ2n) is 4.84. The standard InChI is InChI=1S/C14H21N3S2/c1-11(7-15-8-13-5-4-6-18-13)17(3)9-14-12(2)16-10-19-14/h4-6,10-11,15H,7-9H2,1-3H3. The minimum Gasteiger partial charge on any atom is -0.310 e. The van der Waals surface area contributed by atoms with Gasteiger partial charge in [-0.15, -0.1) is 22.7 Å². The molecule has 0 aliphatic rings. The Morgan fingerprint density at radius 1 is 1.42 bits per heavy atom. The summed E-state index contributed by atoms with van der Waals surface area (Å²) in [7, 11) is 2.18. The van der Waals surface area contributed by atoms with Gasteiger partial charge < -0.3 is 5.32 Å². The molecular formula is C14H21N3S2. The molecule has 0 fully saturated rings. The minimum atomic E-state index is 0.515. The Balaban J connectivity index is 1.73. The summed E-state index contributed by atoms with van der Waals surface area (Å²) >= 11 is 3.55. The molecule has 104 valence electrons. The van der Waals surface area contributed by atoms with Crippen molar-refractivity contribution in [2.24, 2.45) is 0 Å². The summed E-state index contributed by atoms with van der Waals surface area (Å²) in [6.07, 6.45) is 0. The lowest BCUT2D eigenvalue weighted by molar-refractivity contribution is 0.244. The SMILES string of the molecule is Cc1ncsc1CN(C)C(C)CNCc1cccs1. The normalized spacial score (nSPS) is 13.1. The van der Waals surface area contributed by atoms with E-state index in [4.69, 9.17) is 0 Å². The number of aromatic nitrogens is 1. The van der Waals surface area contributed by atoms with E-state index in [0.29, 0.717) is 6.04 Å². The van der Waals surface area contributed by atoms with E-state index < -0.39 is 0 Å². The molecule has 0 aromatic carbocycles. The molecule has 0 aliphatic heterocycles. The Hall–Kier alpha value is -0.750. The van der Waals surface area contributed by atoms with Crippen LogP contribution >= 0.6 is 22.7 Å². The first kappa shape index (κ1) is 14.7. The van der Waals surface area contributed by atoms with Crippen LogP contribution < -0.4 is 5.32 Å². The number of aryl methyl sites for hydroxylation is 1. The molecular weight excluding hydrogens is 274 g/mol. The Morgan fingerprint density at radius 2 is 2.26 bits per heavy atom. The quantitative estimate of drug-likeness (QED) is 0.850. The Labute approximate surface area is 123 Å². The fraction of sp³-hybridized carbons (Fsp3) is 0.500. The van der Waals surface area contributed by atoms with Crippen molar-refractivity contribution in [1.29, 1.82) is 0 Å². The number of thiazole rings is 1. The zero-order valence-corrected chi connectivity index (χ0v) is 13.4. The predicted octanol–water partition coefficient (Wildman–Crippen LogP) is 3.12. The molecule has 0 saturated heterocycles. The van der Waals surface area contributed by atoms with Gasteiger partial charge in [0.15, 0.2) is 0 Å². The van der Waals surface area contributed by atoms with E-state index in [1.165, 1.54) is 9.75 Å². The fourth-order valence-electron chi connectivity index (χ4n) is 1.83. The van der Waals surface area contributed by atoms with Crippen molar-refractivity contribution in [3.8, 4) is 0 Å². The lowest BCUT2D eigenvalue weighted by Gasteiger charge is -2.24. The first-order valence-corrected chi connectivity index (χ1v) is 8.25. The molecule has 2 heterocycles. The molecule has 1 atom stereocenters. The molecule has 5 heteroatoms. The molecule has 2 aromatic heterocycles. The summed E-state index contributed by atoms with van der Waals surface area (Å²) in [5, 5.41) is 5.64. The average molecular weight is 295 g/mol. The van der Waals surface area contributed by atoms with Crippen LogP contribution in [0.5, 0.6) is 0 Å². The van der Waals surface area contributed by atoms with Gasteiger partial charge in [-0.25, -0.2) is 4.98 Å². The highest BCUT2D eigenvalue weighted by molar-refractivity contribution is 7.10. The molecule has 19 heavy (non-hydrogen) atoms. The highest BCUT2D eigenvalue weighted by Gasteiger charge is 2.11. The summed E-state index contributed by atoms with van der Waals surface area (Å²) < 4.78 is 0. The third kappa shape index (κ3) is 4.38. The fourth-order valence-corrected chi connectivity index (χ4v) is 3.35. The van der Waals surface area contributed by atoms with Gasteiger partial charge in [0, 0.05) is 35.4 Å². The van der Waals surface area contributed by atoms with Gasteiger partial charge in [-0.2, -0.15) is 0 Å². The second-order valence-corrected chi connectivity index (χ2v) is 6.81. The van der Waals surface area contributed by atoms with Crippen molar-refractivity contribution in [3.05, 3.63) is 38.5 Å². The van der Waals surface area contributed by atoms with Crippen LogP contribution in [-0.2, 0) is 13.1 Å². The molecule has 1 unspecified atom stereocenters. The molecule has 2 aromatic rings. The van der Waals surface area contributed by atoms with Crippen molar-refractivity contribution in [3.63, 3.8) is 0 Å². The van der Waals surface area contributed by atoms with Crippen LogP contribution in [0.2, 0.25) is 0 Å². The number of thiophene rings is 1. The van der Waals surface area contributed by atoms with Gasteiger partial charge in [-0.1, -0.05) is 6.07 Å². The molecule has 0 bridgehead atoms. The lowest BCUT2D eigenvalue weighted by atomic mass is 10.2. The highest BCUT2D eigenvalue weighted by atomic mass is 32.1. The van der Waals surface area contributed by atoms with Gasteiger partial charge in [0.2, 0.25) is 0 Å². The second kappa shape index (κ2) is 7.14. The Morgan fingerprint density at radius 3 is 2.89 bits per heavy atom. The van der Waals surface area contributed by atoms with E-state index in [-0.39, 0.29) is 0 Å². The van der Waals surface area contributed by atoms with E-state index in [1.54, 1.807) is 22.7 Å². The monoisotopic (exact) mass is 295 g/mol. The van der Waals surface area contributed by atoms with Crippen LogP contribution in [0.3, 0.4) is 0 Å². The molecule has 3 nitrogen and oxygen atoms in total. The van der Waals surface area contributed by atoms with Crippen molar-refractivity contribution in [2.75, 3.05) is 13.6 Å². The summed E-state index contributed by atoms with van der Waals surface area (Å²) in [5.41, 5.74) is 3.09. The highest BCUT2D eigenvalue weighted by Crippen LogP contribution is 2.15. The summed E-state index contributed by atoms with van der Waals surface area (Å²) in [5.74, 6) is 0. The van der Waals surface area contributed by atoms with Crippen LogP contribution in [0.15, 0.2) is 23.0 Å². The Bertz CT molecular complexity index is 479. The number of nitrogens with one attached hydrogen (secondary N) is 1. The van der Waals surface area contributed by atoms with Gasteiger partial charge in [0.05, 0.1) is 11.2 Å². The van der Waals surface area contributed by atoms with Crippen molar-refractivity contribution in [2.45, 2.75) is 33.0 Å². The van der Waals surface area contributed by atoms with Crippen LogP contribution in [0.4, 0.5) is 0 Å². The zero-order valence-electron chi connectivity index (χ0n) is 11.7. The van der Waals surface area contributed by atoms with Gasteiger partial charge in [0.1, 0.15) is 0 Å². The van der Waals surface area contributed by atoms with E-state index in [2.05, 4.69) is 53.6 Å². The predicted molar refractivity (Wildman–Crippen MR) is 83.8 cm³/mol. The van der Waals surface area contributed by atoms with E-state index in [9.17, 15) is 0 Å². The van der Waals surface area contributed by atoms with Crippen LogP contribution in [0.1, 0.15) is 22.4 Å². The van der Waals surface area contributed by atoms with E-state index in [1.807, 2.05) is 5.51 Å². The summed E-state index contributed by atoms with van der Waals surface area (Å²) in [6, 6.07) is 4.79. The molecule has 2 rings (SSSR count). The summed E-state index contributed by atoms with van der Waals surface area (Å²) in [4.78, 5) is 9.44. The van der Waals surface area contributed by atoms with Crippen LogP contribution in [0.25, 0.3) is 0 Å². The average Bonchev–Trinajstić information content (AvgIpc) is 3.02. The molecule has 0 radical (unpaired) electrons. The van der Waals surface area contributed by atoms with Crippen molar-refractivity contribution < 1.29 is 0 Å². The minimum absolute atomic E-state index is 0.515. The van der Waals surface area contributed by atoms with E-state index in [0.717, 1.165) is 25.3 Å². The number of hydrogen-bond acceptors (Lipinski definition) is 5. The summed E-state index contributed by atoms with van der Waals surface area (Å²) in [6.45, 7) is 7.30. The molecule has 0 amide bonds. The maximum Gasteiger partial charge on any atom is 0.0798 e. The van der Waals surface area contributed by atoms with Crippen LogP contribution in [0, 0.1) is 6.92 Å². The zero-order chi connectivity index (χ0) is 13.7. The van der Waals surface area contributed by atoms with Crippen molar-refractivity contribution in [1.82, 2.24) is 15.2 Å². The smallest absolute Gasteiger partial charge is 0.0798 e. The van der Waals surface area contributed by atoms with E-state index >= 15 is 0 Å². The first-order valence-electron chi connectivity index (χ1n) is 6.49.